The van der Waals surface area contributed by atoms with Gasteiger partial charge in [-0.05, 0) is 53.6 Å². The van der Waals surface area contributed by atoms with E-state index in [2.05, 4.69) is 41.5 Å². The molecule has 0 aliphatic heterocycles. The minimum Gasteiger partial charge on any atom is -0.341 e. The molecule has 0 saturated carbocycles. The van der Waals surface area contributed by atoms with E-state index in [-0.39, 0.29) is 5.91 Å². The van der Waals surface area contributed by atoms with Crippen LogP contribution in [-0.4, -0.2) is 27.6 Å². The highest BCUT2D eigenvalue weighted by Gasteiger charge is 2.25. The van der Waals surface area contributed by atoms with Crippen LogP contribution in [0, 0.1) is 0 Å². The van der Waals surface area contributed by atoms with Crippen molar-refractivity contribution in [2.24, 2.45) is 0 Å². The summed E-state index contributed by atoms with van der Waals surface area (Å²) in [6.07, 6.45) is 6.44. The standard InChI is InChI=1S/C22H23N3O/c1-24(16-17-6-4-8-20(14-17)25-13-5-12-23-25)22(26)15-19-11-10-18-7-2-3-9-21(18)19/h2-9,12-14,19H,10-11,15-16H2,1H3. The topological polar surface area (TPSA) is 38.1 Å². The SMILES string of the molecule is CN(Cc1cccc(-n2cccn2)c1)C(=O)CC1CCc2ccccc21. The molecule has 1 unspecified atom stereocenters. The molecule has 1 atom stereocenters. The van der Waals surface area contributed by atoms with E-state index in [1.165, 1.54) is 11.1 Å². The molecule has 4 heteroatoms. The zero-order chi connectivity index (χ0) is 17.9. The zero-order valence-electron chi connectivity index (χ0n) is 15.0. The fourth-order valence-corrected chi connectivity index (χ4v) is 3.80. The smallest absolute Gasteiger partial charge is 0.223 e. The number of aryl methyl sites for hydroxylation is 1. The van der Waals surface area contributed by atoms with Gasteiger partial charge in [0.15, 0.2) is 0 Å². The number of aromatic nitrogens is 2. The number of amides is 1. The fourth-order valence-electron chi connectivity index (χ4n) is 3.80. The number of rotatable bonds is 5. The summed E-state index contributed by atoms with van der Waals surface area (Å²) in [7, 11) is 1.89. The number of carbonyl (C=O) groups excluding carboxylic acids is 1. The molecule has 3 aromatic rings. The van der Waals surface area contributed by atoms with Gasteiger partial charge < -0.3 is 4.90 Å². The van der Waals surface area contributed by atoms with E-state index in [1.54, 1.807) is 6.20 Å². The normalized spacial score (nSPS) is 15.7. The Kier molecular flexibility index (Phi) is 4.57. The van der Waals surface area contributed by atoms with Gasteiger partial charge in [0.05, 0.1) is 5.69 Å². The third-order valence-electron chi connectivity index (χ3n) is 5.20. The van der Waals surface area contributed by atoms with Crippen LogP contribution >= 0.6 is 0 Å². The van der Waals surface area contributed by atoms with E-state index in [4.69, 9.17) is 0 Å². The number of nitrogens with zero attached hydrogens (tertiary/aromatic N) is 3. The van der Waals surface area contributed by atoms with Crippen LogP contribution in [0.2, 0.25) is 0 Å². The van der Waals surface area contributed by atoms with Crippen molar-refractivity contribution in [2.75, 3.05) is 7.05 Å². The van der Waals surface area contributed by atoms with Crippen molar-refractivity contribution in [3.63, 3.8) is 0 Å². The summed E-state index contributed by atoms with van der Waals surface area (Å²) in [4.78, 5) is 14.6. The molecule has 0 N–H and O–H groups in total. The first-order valence-electron chi connectivity index (χ1n) is 9.11. The second kappa shape index (κ2) is 7.16. The van der Waals surface area contributed by atoms with Crippen molar-refractivity contribution in [3.05, 3.63) is 83.7 Å². The van der Waals surface area contributed by atoms with E-state index in [0.717, 1.165) is 24.1 Å². The summed E-state index contributed by atoms with van der Waals surface area (Å²) in [6, 6.07) is 18.6. The molecule has 0 fully saturated rings. The fraction of sp³-hybridized carbons (Fsp3) is 0.273. The number of hydrogen-bond donors (Lipinski definition) is 0. The van der Waals surface area contributed by atoms with Crippen molar-refractivity contribution in [1.82, 2.24) is 14.7 Å². The Morgan fingerprint density at radius 3 is 2.92 bits per heavy atom. The second-order valence-electron chi connectivity index (χ2n) is 7.01. The van der Waals surface area contributed by atoms with Crippen LogP contribution in [0.15, 0.2) is 67.0 Å². The van der Waals surface area contributed by atoms with E-state index in [0.29, 0.717) is 18.9 Å². The van der Waals surface area contributed by atoms with Crippen molar-refractivity contribution in [3.8, 4) is 5.69 Å². The van der Waals surface area contributed by atoms with E-state index >= 15 is 0 Å². The van der Waals surface area contributed by atoms with Gasteiger partial charge in [-0.25, -0.2) is 4.68 Å². The molecule has 0 radical (unpaired) electrons. The Morgan fingerprint density at radius 2 is 2.08 bits per heavy atom. The number of hydrogen-bond acceptors (Lipinski definition) is 2. The third kappa shape index (κ3) is 3.40. The lowest BCUT2D eigenvalue weighted by atomic mass is 9.97. The minimum atomic E-state index is 0.205. The minimum absolute atomic E-state index is 0.205. The van der Waals surface area contributed by atoms with Gasteiger partial charge in [0.1, 0.15) is 0 Å². The summed E-state index contributed by atoms with van der Waals surface area (Å²) in [5, 5.41) is 4.27. The first-order valence-corrected chi connectivity index (χ1v) is 9.11. The summed E-state index contributed by atoms with van der Waals surface area (Å²) in [5.74, 6) is 0.563. The zero-order valence-corrected chi connectivity index (χ0v) is 15.0. The Balaban J connectivity index is 1.41. The molecule has 2 aromatic carbocycles. The highest BCUT2D eigenvalue weighted by molar-refractivity contribution is 5.77. The molecule has 4 nitrogen and oxygen atoms in total. The van der Waals surface area contributed by atoms with Gasteiger partial charge in [0.25, 0.3) is 0 Å². The summed E-state index contributed by atoms with van der Waals surface area (Å²) in [6.45, 7) is 0.613. The van der Waals surface area contributed by atoms with Crippen LogP contribution in [0.3, 0.4) is 0 Å². The average molecular weight is 345 g/mol. The molecule has 0 bridgehead atoms. The van der Waals surface area contributed by atoms with E-state index in [9.17, 15) is 4.79 Å². The average Bonchev–Trinajstić information content (AvgIpc) is 3.32. The lowest BCUT2D eigenvalue weighted by Crippen LogP contribution is -2.27. The molecule has 0 spiro atoms. The quantitative estimate of drug-likeness (QED) is 0.702. The highest BCUT2D eigenvalue weighted by Crippen LogP contribution is 2.35. The molecule has 1 aromatic heterocycles. The van der Waals surface area contributed by atoms with Gasteiger partial charge in [-0.2, -0.15) is 5.10 Å². The summed E-state index contributed by atoms with van der Waals surface area (Å²) in [5.41, 5.74) is 4.88. The van der Waals surface area contributed by atoms with Crippen molar-refractivity contribution in [1.29, 1.82) is 0 Å². The van der Waals surface area contributed by atoms with Crippen LogP contribution in [0.5, 0.6) is 0 Å². The lowest BCUT2D eigenvalue weighted by Gasteiger charge is -2.20. The maximum atomic E-state index is 12.7. The van der Waals surface area contributed by atoms with Crippen molar-refractivity contribution < 1.29 is 4.79 Å². The monoisotopic (exact) mass is 345 g/mol. The first-order chi connectivity index (χ1) is 12.7. The maximum Gasteiger partial charge on any atom is 0.223 e. The molecule has 1 aliphatic carbocycles. The van der Waals surface area contributed by atoms with E-state index in [1.807, 2.05) is 41.0 Å². The number of benzene rings is 2. The number of carbonyl (C=O) groups is 1. The molecule has 0 saturated heterocycles. The van der Waals surface area contributed by atoms with Crippen molar-refractivity contribution >= 4 is 5.91 Å². The molecule has 4 rings (SSSR count). The van der Waals surface area contributed by atoms with Crippen LogP contribution in [0.1, 0.15) is 35.4 Å². The van der Waals surface area contributed by atoms with Gasteiger partial charge >= 0.3 is 0 Å². The summed E-state index contributed by atoms with van der Waals surface area (Å²) < 4.78 is 1.83. The van der Waals surface area contributed by atoms with Gasteiger partial charge in [-0.15, -0.1) is 0 Å². The van der Waals surface area contributed by atoms with Crippen LogP contribution in [0.25, 0.3) is 5.69 Å². The maximum absolute atomic E-state index is 12.7. The predicted octanol–water partition coefficient (Wildman–Crippen LogP) is 3.95. The van der Waals surface area contributed by atoms with Crippen LogP contribution in [-0.2, 0) is 17.8 Å². The van der Waals surface area contributed by atoms with Gasteiger partial charge in [-0.1, -0.05) is 36.4 Å². The third-order valence-corrected chi connectivity index (χ3v) is 5.20. The molecular weight excluding hydrogens is 322 g/mol. The highest BCUT2D eigenvalue weighted by atomic mass is 16.2. The molecule has 26 heavy (non-hydrogen) atoms. The lowest BCUT2D eigenvalue weighted by molar-refractivity contribution is -0.130. The molecule has 132 valence electrons. The molecular formula is C22H23N3O. The van der Waals surface area contributed by atoms with Gasteiger partial charge in [0, 0.05) is 32.4 Å². The van der Waals surface area contributed by atoms with Gasteiger partial charge in [-0.3, -0.25) is 4.79 Å². The Labute approximate surface area is 154 Å². The largest absolute Gasteiger partial charge is 0.341 e. The van der Waals surface area contributed by atoms with Crippen molar-refractivity contribution in [2.45, 2.75) is 31.7 Å². The predicted molar refractivity (Wildman–Crippen MR) is 102 cm³/mol. The van der Waals surface area contributed by atoms with Crippen LogP contribution in [0.4, 0.5) is 0 Å². The Morgan fingerprint density at radius 1 is 1.19 bits per heavy atom. The molecule has 1 aliphatic rings. The number of fused-ring (bicyclic) bond motifs is 1. The molecule has 1 amide bonds. The van der Waals surface area contributed by atoms with Crippen LogP contribution < -0.4 is 0 Å². The second-order valence-corrected chi connectivity index (χ2v) is 7.01. The van der Waals surface area contributed by atoms with Gasteiger partial charge in [0.2, 0.25) is 5.91 Å². The first kappa shape index (κ1) is 16.6. The Bertz CT molecular complexity index is 901. The van der Waals surface area contributed by atoms with E-state index < -0.39 is 0 Å². The summed E-state index contributed by atoms with van der Waals surface area (Å²) >= 11 is 0. The Hall–Kier alpha value is -2.88. The molecule has 1 heterocycles.